The topological polar surface area (TPSA) is 85.8 Å². The van der Waals surface area contributed by atoms with Crippen LogP contribution < -0.4 is 5.32 Å². The first-order chi connectivity index (χ1) is 17.6. The second kappa shape index (κ2) is 8.98. The Hall–Kier alpha value is -4.43. The Bertz CT molecular complexity index is 1690. The molecule has 178 valence electrons. The van der Waals surface area contributed by atoms with Crippen LogP contribution in [0.5, 0.6) is 0 Å². The lowest BCUT2D eigenvalue weighted by atomic mass is 10.0. The zero-order valence-corrected chi connectivity index (χ0v) is 20.5. The molecular formula is C28H26N8. The van der Waals surface area contributed by atoms with Crippen molar-refractivity contribution in [2.75, 3.05) is 7.05 Å². The van der Waals surface area contributed by atoms with E-state index in [9.17, 15) is 0 Å². The highest BCUT2D eigenvalue weighted by molar-refractivity contribution is 5.93. The molecule has 6 aromatic rings. The Morgan fingerprint density at radius 3 is 2.56 bits per heavy atom. The molecule has 0 aliphatic rings. The molecule has 8 heteroatoms. The molecule has 0 radical (unpaired) electrons. The van der Waals surface area contributed by atoms with E-state index in [-0.39, 0.29) is 0 Å². The molecule has 0 saturated carbocycles. The van der Waals surface area contributed by atoms with Crippen LogP contribution in [0.25, 0.3) is 50.5 Å². The van der Waals surface area contributed by atoms with Crippen molar-refractivity contribution in [3.8, 4) is 33.8 Å². The standard InChI is InChI=1S/C28H26N8/c1-4-35-16-25(32-17-35)24-10-9-22-21(11-12-30-28(22)33-24)26-15-31-27-13-23(18(2)34-36(26)27)20-7-5-19(6-8-20)14-29-3/h5-13,15-17,29H,4,14H2,1-3H3. The minimum Gasteiger partial charge on any atom is -0.337 e. The van der Waals surface area contributed by atoms with E-state index in [4.69, 9.17) is 15.1 Å². The fraction of sp³-hybridized carbons (Fsp3) is 0.179. The van der Waals surface area contributed by atoms with E-state index in [1.165, 1.54) is 5.56 Å². The minimum atomic E-state index is 0.668. The van der Waals surface area contributed by atoms with E-state index >= 15 is 0 Å². The fourth-order valence-corrected chi connectivity index (χ4v) is 4.54. The van der Waals surface area contributed by atoms with Gasteiger partial charge in [-0.1, -0.05) is 24.3 Å². The Balaban J connectivity index is 1.41. The molecule has 0 bridgehead atoms. The van der Waals surface area contributed by atoms with Crippen LogP contribution in [0.2, 0.25) is 0 Å². The van der Waals surface area contributed by atoms with Gasteiger partial charge in [-0.05, 0) is 56.3 Å². The molecule has 8 nitrogen and oxygen atoms in total. The molecule has 0 amide bonds. The number of nitrogens with zero attached hydrogens (tertiary/aromatic N) is 7. The van der Waals surface area contributed by atoms with Gasteiger partial charge < -0.3 is 9.88 Å². The van der Waals surface area contributed by atoms with E-state index in [0.29, 0.717) is 5.65 Å². The number of imidazole rings is 2. The number of hydrogen-bond acceptors (Lipinski definition) is 6. The Labute approximate surface area is 208 Å². The first kappa shape index (κ1) is 22.1. The number of pyridine rings is 2. The van der Waals surface area contributed by atoms with Gasteiger partial charge in [-0.15, -0.1) is 0 Å². The highest BCUT2D eigenvalue weighted by Gasteiger charge is 2.15. The second-order valence-electron chi connectivity index (χ2n) is 8.80. The Morgan fingerprint density at radius 1 is 0.917 bits per heavy atom. The molecule has 0 unspecified atom stereocenters. The van der Waals surface area contributed by atoms with E-state index < -0.39 is 0 Å². The molecule has 0 aliphatic carbocycles. The predicted octanol–water partition coefficient (Wildman–Crippen LogP) is 4.92. The van der Waals surface area contributed by atoms with Crippen molar-refractivity contribution in [2.24, 2.45) is 0 Å². The van der Waals surface area contributed by atoms with E-state index in [1.807, 2.05) is 53.9 Å². The predicted molar refractivity (Wildman–Crippen MR) is 141 cm³/mol. The Morgan fingerprint density at radius 2 is 1.78 bits per heavy atom. The van der Waals surface area contributed by atoms with Crippen LogP contribution in [-0.2, 0) is 13.1 Å². The minimum absolute atomic E-state index is 0.668. The molecule has 0 saturated heterocycles. The third-order valence-electron chi connectivity index (χ3n) is 6.46. The summed E-state index contributed by atoms with van der Waals surface area (Å²) in [6.07, 6.45) is 7.48. The third-order valence-corrected chi connectivity index (χ3v) is 6.46. The van der Waals surface area contributed by atoms with Crippen molar-refractivity contribution in [1.29, 1.82) is 0 Å². The summed E-state index contributed by atoms with van der Waals surface area (Å²) in [5, 5.41) is 9.05. The molecule has 0 spiro atoms. The van der Waals surface area contributed by atoms with Crippen LogP contribution in [0.1, 0.15) is 18.2 Å². The quantitative estimate of drug-likeness (QED) is 0.369. The van der Waals surface area contributed by atoms with Crippen molar-refractivity contribution in [3.05, 3.63) is 84.7 Å². The smallest absolute Gasteiger partial charge is 0.160 e. The monoisotopic (exact) mass is 474 g/mol. The highest BCUT2D eigenvalue weighted by Crippen LogP contribution is 2.31. The first-order valence-corrected chi connectivity index (χ1v) is 12.0. The average Bonchev–Trinajstić information content (AvgIpc) is 3.55. The van der Waals surface area contributed by atoms with Crippen LogP contribution in [0.4, 0.5) is 0 Å². The summed E-state index contributed by atoms with van der Waals surface area (Å²) in [6.45, 7) is 5.84. The maximum atomic E-state index is 4.92. The maximum Gasteiger partial charge on any atom is 0.160 e. The summed E-state index contributed by atoms with van der Waals surface area (Å²) < 4.78 is 3.93. The zero-order chi connectivity index (χ0) is 24.6. The van der Waals surface area contributed by atoms with Crippen LogP contribution >= 0.6 is 0 Å². The maximum absolute atomic E-state index is 4.92. The van der Waals surface area contributed by atoms with Gasteiger partial charge in [0.1, 0.15) is 5.69 Å². The number of fused-ring (bicyclic) bond motifs is 2. The van der Waals surface area contributed by atoms with Gasteiger partial charge in [0.15, 0.2) is 11.3 Å². The molecule has 5 aromatic heterocycles. The molecule has 1 aromatic carbocycles. The number of aromatic nitrogens is 7. The van der Waals surface area contributed by atoms with Gasteiger partial charge in [0.2, 0.25) is 0 Å². The van der Waals surface area contributed by atoms with Crippen LogP contribution in [-0.4, -0.2) is 41.2 Å². The van der Waals surface area contributed by atoms with Gasteiger partial charge in [-0.2, -0.15) is 5.10 Å². The summed E-state index contributed by atoms with van der Waals surface area (Å²) in [5.41, 5.74) is 9.39. The average molecular weight is 475 g/mol. The van der Waals surface area contributed by atoms with E-state index in [0.717, 1.165) is 63.6 Å². The van der Waals surface area contributed by atoms with Gasteiger partial charge >= 0.3 is 0 Å². The van der Waals surface area contributed by atoms with Crippen molar-refractivity contribution in [2.45, 2.75) is 26.9 Å². The SMILES string of the molecule is CCn1cnc(-c2ccc3c(-c4cnc5cc(-c6ccc(CNC)cc6)c(C)nn45)ccnc3n2)c1. The lowest BCUT2D eigenvalue weighted by Gasteiger charge is -2.10. The van der Waals surface area contributed by atoms with Crippen molar-refractivity contribution < 1.29 is 0 Å². The van der Waals surface area contributed by atoms with Gasteiger partial charge in [0.25, 0.3) is 0 Å². The van der Waals surface area contributed by atoms with Crippen molar-refractivity contribution in [3.63, 3.8) is 0 Å². The highest BCUT2D eigenvalue weighted by atomic mass is 15.3. The summed E-state index contributed by atoms with van der Waals surface area (Å²) >= 11 is 0. The number of hydrogen-bond donors (Lipinski definition) is 1. The molecular weight excluding hydrogens is 448 g/mol. The number of aryl methyl sites for hydroxylation is 2. The first-order valence-electron chi connectivity index (χ1n) is 12.0. The van der Waals surface area contributed by atoms with Crippen molar-refractivity contribution >= 4 is 16.7 Å². The second-order valence-corrected chi connectivity index (χ2v) is 8.80. The Kier molecular flexibility index (Phi) is 5.50. The summed E-state index contributed by atoms with van der Waals surface area (Å²) in [4.78, 5) is 18.5. The van der Waals surface area contributed by atoms with E-state index in [2.05, 4.69) is 58.6 Å². The summed E-state index contributed by atoms with van der Waals surface area (Å²) in [7, 11) is 1.95. The van der Waals surface area contributed by atoms with Crippen LogP contribution in [0, 0.1) is 6.92 Å². The lowest BCUT2D eigenvalue weighted by Crippen LogP contribution is -2.04. The molecule has 1 N–H and O–H groups in total. The van der Waals surface area contributed by atoms with Gasteiger partial charge in [0.05, 0.1) is 29.6 Å². The van der Waals surface area contributed by atoms with Gasteiger partial charge in [-0.3, -0.25) is 0 Å². The number of benzene rings is 1. The normalized spacial score (nSPS) is 11.5. The van der Waals surface area contributed by atoms with Gasteiger partial charge in [-0.25, -0.2) is 24.5 Å². The van der Waals surface area contributed by atoms with Crippen LogP contribution in [0.3, 0.4) is 0 Å². The fourth-order valence-electron chi connectivity index (χ4n) is 4.54. The molecule has 5 heterocycles. The third kappa shape index (κ3) is 3.81. The molecule has 6 rings (SSSR count). The van der Waals surface area contributed by atoms with Crippen molar-refractivity contribution in [1.82, 2.24) is 39.4 Å². The number of nitrogens with one attached hydrogen (secondary N) is 1. The van der Waals surface area contributed by atoms with E-state index in [1.54, 1.807) is 6.20 Å². The molecule has 36 heavy (non-hydrogen) atoms. The van der Waals surface area contributed by atoms with Crippen LogP contribution in [0.15, 0.2) is 73.4 Å². The molecule has 0 aliphatic heterocycles. The lowest BCUT2D eigenvalue weighted by molar-refractivity contribution is 0.762. The summed E-state index contributed by atoms with van der Waals surface area (Å²) in [5.74, 6) is 0. The summed E-state index contributed by atoms with van der Waals surface area (Å²) in [6, 6.07) is 16.7. The number of rotatable bonds is 6. The molecule has 0 fully saturated rings. The largest absolute Gasteiger partial charge is 0.337 e. The molecule has 0 atom stereocenters. The van der Waals surface area contributed by atoms with Gasteiger partial charge in [0, 0.05) is 42.0 Å². The zero-order valence-electron chi connectivity index (χ0n) is 20.5.